The van der Waals surface area contributed by atoms with E-state index < -0.39 is 52.2 Å². The number of nitrogens with zero attached hydrogens (tertiary/aromatic N) is 3. The van der Waals surface area contributed by atoms with Crippen molar-refractivity contribution < 1.29 is 67.7 Å². The predicted molar refractivity (Wildman–Crippen MR) is 150 cm³/mol. The third-order valence-corrected chi connectivity index (χ3v) is 10.7. The molecular formula is C18H21CrF12N3P6+6. The number of hydrogen-bond acceptors (Lipinski definition) is 3. The molecule has 40 heavy (non-hydrogen) atoms. The second kappa shape index (κ2) is 21.1. The monoisotopic (exact) mass is 745 g/mol. The normalized spacial score (nSPS) is 10.7. The Labute approximate surface area is 241 Å². The van der Waals surface area contributed by atoms with Gasteiger partial charge in [-0.05, 0) is 49.7 Å². The van der Waals surface area contributed by atoms with Crippen molar-refractivity contribution >= 4 is 69.2 Å². The molecule has 3 aromatic carbocycles. The van der Waals surface area contributed by atoms with E-state index >= 15 is 0 Å². The smallest absolute Gasteiger partial charge is 0.0621 e. The zero-order valence-electron chi connectivity index (χ0n) is 19.4. The molecule has 0 saturated heterocycles. The molecule has 0 N–H and O–H groups in total. The van der Waals surface area contributed by atoms with Crippen molar-refractivity contribution in [3.8, 4) is 0 Å². The van der Waals surface area contributed by atoms with Gasteiger partial charge in [-0.2, -0.15) is 0 Å². The molecule has 22 heteroatoms. The third-order valence-electron chi connectivity index (χ3n) is 4.06. The van der Waals surface area contributed by atoms with E-state index in [1.807, 2.05) is 0 Å². The predicted octanol–water partition coefficient (Wildman–Crippen LogP) is 12.9. The van der Waals surface area contributed by atoms with E-state index in [0.29, 0.717) is 0 Å². The number of para-hydroxylation sites is 3. The van der Waals surface area contributed by atoms with Gasteiger partial charge in [0.05, 0.1) is 0 Å². The van der Waals surface area contributed by atoms with Gasteiger partial charge in [0.2, 0.25) is 0 Å². The van der Waals surface area contributed by atoms with Crippen LogP contribution in [0.4, 0.5) is 67.4 Å². The molecule has 0 unspecified atom stereocenters. The van der Waals surface area contributed by atoms with Crippen molar-refractivity contribution in [1.29, 1.82) is 0 Å². The largest absolute Gasteiger partial charge is 0.508 e. The van der Waals surface area contributed by atoms with Crippen molar-refractivity contribution in [2.75, 3.05) is 13.3 Å². The minimum Gasteiger partial charge on any atom is -0.0621 e. The standard InChI is InChI=1S/3C6H5F4NP2.Cr/c3*7-12(8)11(13(9)10)6-4-2-1-3-5-6;/h3*1-5H;/p+6. The average Bonchev–Trinajstić information content (AvgIpc) is 2.85. The summed E-state index contributed by atoms with van der Waals surface area (Å²) in [7, 11) is -24.6. The molecular weight excluding hydrogens is 724 g/mol. The summed E-state index contributed by atoms with van der Waals surface area (Å²) < 4.78 is 146. The first-order valence-electron chi connectivity index (χ1n) is 10.0. The summed E-state index contributed by atoms with van der Waals surface area (Å²) in [5, 5.41) is 0. The van der Waals surface area contributed by atoms with Crippen LogP contribution >= 0.6 is 52.2 Å². The maximum Gasteiger partial charge on any atom is 0.508 e. The molecule has 3 aromatic rings. The minimum atomic E-state index is -4.10. The van der Waals surface area contributed by atoms with Crippen LogP contribution in [0, 0.1) is 0 Å². The van der Waals surface area contributed by atoms with Gasteiger partial charge in [0, 0.05) is 67.7 Å². The van der Waals surface area contributed by atoms with Gasteiger partial charge in [0.1, 0.15) is 17.1 Å². The Balaban J connectivity index is 0.000000563. The van der Waals surface area contributed by atoms with Gasteiger partial charge >= 0.3 is 52.2 Å². The summed E-state index contributed by atoms with van der Waals surface area (Å²) in [5.74, 6) is 0. The summed E-state index contributed by atoms with van der Waals surface area (Å²) in [6.07, 6.45) is 0. The number of anilines is 3. The molecule has 0 radical (unpaired) electrons. The molecule has 0 aliphatic rings. The van der Waals surface area contributed by atoms with Crippen LogP contribution in [0.5, 0.6) is 0 Å². The van der Waals surface area contributed by atoms with Gasteiger partial charge < -0.3 is 0 Å². The molecule has 0 atom stereocenters. The Kier molecular flexibility index (Phi) is 20.7. The first kappa shape index (κ1) is 39.3. The van der Waals surface area contributed by atoms with Crippen LogP contribution in [0.25, 0.3) is 0 Å². The molecule has 0 fully saturated rings. The molecule has 0 amide bonds. The van der Waals surface area contributed by atoms with Gasteiger partial charge in [0.25, 0.3) is 0 Å². The molecule has 0 bridgehead atoms. The second-order valence-electron chi connectivity index (χ2n) is 6.46. The van der Waals surface area contributed by atoms with Crippen molar-refractivity contribution in [2.24, 2.45) is 0 Å². The van der Waals surface area contributed by atoms with E-state index in [0.717, 1.165) is 0 Å². The molecule has 0 aliphatic carbocycles. The number of rotatable bonds is 9. The van der Waals surface area contributed by atoms with Gasteiger partial charge in [-0.3, -0.25) is 0 Å². The molecule has 0 aromatic heterocycles. The molecule has 3 rings (SSSR count). The van der Waals surface area contributed by atoms with Crippen LogP contribution in [-0.4, -0.2) is 0 Å². The van der Waals surface area contributed by atoms with Crippen molar-refractivity contribution in [2.45, 2.75) is 0 Å². The number of halogens is 12. The van der Waals surface area contributed by atoms with Crippen LogP contribution in [-0.2, 0) is 17.4 Å². The zero-order valence-corrected chi connectivity index (χ0v) is 26.7. The summed E-state index contributed by atoms with van der Waals surface area (Å²) in [4.78, 5) is 0. The van der Waals surface area contributed by atoms with Gasteiger partial charge in [-0.1, -0.05) is 54.6 Å². The summed E-state index contributed by atoms with van der Waals surface area (Å²) in [6.45, 7) is 0. The van der Waals surface area contributed by atoms with Crippen molar-refractivity contribution in [3.05, 3.63) is 91.0 Å². The van der Waals surface area contributed by atoms with E-state index in [-0.39, 0.29) is 47.7 Å². The Morgan fingerprint density at radius 2 is 0.450 bits per heavy atom. The fourth-order valence-electron chi connectivity index (χ4n) is 2.51. The topological polar surface area (TPSA) is 9.72 Å². The first-order valence-corrected chi connectivity index (χ1v) is 17.2. The number of hydrogen-bond donors (Lipinski definition) is 0. The molecule has 0 saturated carbocycles. The fourth-order valence-corrected chi connectivity index (χ4v) is 6.11. The van der Waals surface area contributed by atoms with Gasteiger partial charge in [-0.25, -0.2) is 0 Å². The average molecular weight is 745 g/mol. The Morgan fingerprint density at radius 1 is 0.300 bits per heavy atom. The van der Waals surface area contributed by atoms with E-state index in [9.17, 15) is 50.4 Å². The molecule has 0 aliphatic heterocycles. The summed E-state index contributed by atoms with van der Waals surface area (Å²) in [6, 6.07) is 21.1. The second-order valence-corrected chi connectivity index (χ2v) is 13.4. The summed E-state index contributed by atoms with van der Waals surface area (Å²) >= 11 is 0. The summed E-state index contributed by atoms with van der Waals surface area (Å²) in [5.41, 5.74) is -0.291. The quantitative estimate of drug-likeness (QED) is 0.160. The Hall–Kier alpha value is -0.668. The van der Waals surface area contributed by atoms with Gasteiger partial charge in [-0.15, -0.1) is 0 Å². The Morgan fingerprint density at radius 3 is 0.575 bits per heavy atom. The molecule has 0 spiro atoms. The van der Waals surface area contributed by atoms with Crippen LogP contribution < -0.4 is 13.3 Å². The maximum absolute atomic E-state index is 12.2. The van der Waals surface area contributed by atoms with Crippen LogP contribution in [0.15, 0.2) is 91.0 Å². The Bertz CT molecular complexity index is 883. The minimum absolute atomic E-state index is 0. The maximum atomic E-state index is 12.2. The molecule has 222 valence electrons. The fraction of sp³-hybridized carbons (Fsp3) is 0. The number of benzene rings is 3. The molecule has 3 nitrogen and oxygen atoms in total. The SMILES string of the molecule is F[PH+](F)N(c1ccccc1)[PH+](F)F.F[PH+](F)N(c1ccccc1)[PH+](F)F.F[PH+](F)N(c1ccccc1)[PH+](F)F.[Cr]. The van der Waals surface area contributed by atoms with E-state index in [2.05, 4.69) is 0 Å². The van der Waals surface area contributed by atoms with E-state index in [4.69, 9.17) is 0 Å². The first-order chi connectivity index (χ1) is 18.4. The molecule has 0 heterocycles. The van der Waals surface area contributed by atoms with Gasteiger partial charge in [0.15, 0.2) is 0 Å². The zero-order chi connectivity index (χ0) is 29.5. The van der Waals surface area contributed by atoms with Crippen molar-refractivity contribution in [1.82, 2.24) is 0 Å². The third kappa shape index (κ3) is 14.0. The van der Waals surface area contributed by atoms with Crippen molar-refractivity contribution in [3.63, 3.8) is 0 Å². The van der Waals surface area contributed by atoms with E-state index in [1.165, 1.54) is 72.8 Å². The van der Waals surface area contributed by atoms with Crippen LogP contribution in [0.3, 0.4) is 0 Å². The van der Waals surface area contributed by atoms with Crippen LogP contribution in [0.1, 0.15) is 0 Å². The van der Waals surface area contributed by atoms with Crippen LogP contribution in [0.2, 0.25) is 0 Å². The van der Waals surface area contributed by atoms with E-state index in [1.54, 1.807) is 18.2 Å².